The monoisotopic (exact) mass is 236 g/mol. The lowest BCUT2D eigenvalue weighted by atomic mass is 10.1. The number of hydrogen-bond acceptors (Lipinski definition) is 3. The van der Waals surface area contributed by atoms with E-state index in [0.717, 1.165) is 12.1 Å². The van der Waals surface area contributed by atoms with Crippen molar-refractivity contribution >= 4 is 5.91 Å². The molecule has 0 aliphatic carbocycles. The van der Waals surface area contributed by atoms with Crippen molar-refractivity contribution in [2.75, 3.05) is 20.1 Å². The number of amides is 1. The van der Waals surface area contributed by atoms with E-state index < -0.39 is 0 Å². The van der Waals surface area contributed by atoms with Crippen LogP contribution < -0.4 is 5.32 Å². The number of likely N-dealkylation sites (N-methyl/N-ethyl adjacent to an activating group) is 2. The van der Waals surface area contributed by atoms with E-state index in [9.17, 15) is 9.90 Å². The summed E-state index contributed by atoms with van der Waals surface area (Å²) < 4.78 is 0. The molecule has 1 amide bonds. The average molecular weight is 236 g/mol. The Morgan fingerprint density at radius 2 is 2.00 bits per heavy atom. The molecule has 0 aromatic heterocycles. The maximum absolute atomic E-state index is 11.4. The number of nitrogens with zero attached hydrogens (tertiary/aromatic N) is 1. The Hall–Kier alpha value is -1.55. The van der Waals surface area contributed by atoms with Gasteiger partial charge in [0.1, 0.15) is 5.75 Å². The van der Waals surface area contributed by atoms with Crippen LogP contribution in [0.2, 0.25) is 0 Å². The molecule has 1 aromatic carbocycles. The molecule has 0 saturated carbocycles. The first-order valence-electron chi connectivity index (χ1n) is 5.82. The van der Waals surface area contributed by atoms with Crippen LogP contribution >= 0.6 is 0 Å². The molecular formula is C13H20N2O2. The number of benzene rings is 1. The largest absolute Gasteiger partial charge is 0.508 e. The van der Waals surface area contributed by atoms with Crippen LogP contribution in [0.3, 0.4) is 0 Å². The number of rotatable bonds is 5. The Morgan fingerprint density at radius 1 is 1.41 bits per heavy atom. The third-order valence-electron chi connectivity index (χ3n) is 2.95. The van der Waals surface area contributed by atoms with Crippen LogP contribution in [0, 0.1) is 0 Å². The summed E-state index contributed by atoms with van der Waals surface area (Å²) in [7, 11) is 1.64. The fraction of sp³-hybridized carbons (Fsp3) is 0.462. The lowest BCUT2D eigenvalue weighted by molar-refractivity contribution is -0.122. The molecule has 94 valence electrons. The quantitative estimate of drug-likeness (QED) is 0.815. The molecule has 1 atom stereocenters. The summed E-state index contributed by atoms with van der Waals surface area (Å²) in [4.78, 5) is 13.5. The van der Waals surface area contributed by atoms with Crippen LogP contribution in [-0.2, 0) is 4.79 Å². The number of carbonyl (C=O) groups is 1. The van der Waals surface area contributed by atoms with Crippen molar-refractivity contribution < 1.29 is 9.90 Å². The summed E-state index contributed by atoms with van der Waals surface area (Å²) in [5, 5.41) is 11.9. The number of carbonyl (C=O) groups excluding carboxylic acids is 1. The normalized spacial score (nSPS) is 12.5. The summed E-state index contributed by atoms with van der Waals surface area (Å²) in [5.74, 6) is 0.271. The number of aromatic hydroxyl groups is 1. The Labute approximate surface area is 102 Å². The first-order valence-corrected chi connectivity index (χ1v) is 5.82. The van der Waals surface area contributed by atoms with Gasteiger partial charge < -0.3 is 10.4 Å². The first kappa shape index (κ1) is 13.5. The van der Waals surface area contributed by atoms with Crippen LogP contribution in [0.25, 0.3) is 0 Å². The number of hydrogen-bond donors (Lipinski definition) is 2. The second kappa shape index (κ2) is 6.25. The molecule has 0 fully saturated rings. The fourth-order valence-corrected chi connectivity index (χ4v) is 1.75. The Kier molecular flexibility index (Phi) is 4.97. The highest BCUT2D eigenvalue weighted by atomic mass is 16.3. The minimum Gasteiger partial charge on any atom is -0.508 e. The van der Waals surface area contributed by atoms with Crippen molar-refractivity contribution in [3.05, 3.63) is 29.8 Å². The summed E-state index contributed by atoms with van der Waals surface area (Å²) in [6, 6.07) is 7.25. The Morgan fingerprint density at radius 3 is 2.47 bits per heavy atom. The van der Waals surface area contributed by atoms with Gasteiger partial charge in [0.25, 0.3) is 0 Å². The molecule has 0 aliphatic rings. The summed E-state index contributed by atoms with van der Waals surface area (Å²) in [6.45, 7) is 5.27. The van der Waals surface area contributed by atoms with E-state index in [-0.39, 0.29) is 17.7 Å². The van der Waals surface area contributed by atoms with Crippen molar-refractivity contribution in [1.82, 2.24) is 10.2 Å². The highest BCUT2D eigenvalue weighted by molar-refractivity contribution is 5.77. The van der Waals surface area contributed by atoms with Gasteiger partial charge in [0.05, 0.1) is 6.54 Å². The molecule has 0 radical (unpaired) electrons. The van der Waals surface area contributed by atoms with Gasteiger partial charge in [0, 0.05) is 13.1 Å². The maximum atomic E-state index is 11.4. The molecule has 0 aliphatic heterocycles. The molecule has 4 nitrogen and oxygen atoms in total. The lowest BCUT2D eigenvalue weighted by Crippen LogP contribution is -2.37. The van der Waals surface area contributed by atoms with Crippen LogP contribution in [0.15, 0.2) is 24.3 Å². The number of phenolic OH excluding ortho intramolecular Hbond substituents is 1. The van der Waals surface area contributed by atoms with Crippen LogP contribution in [0.1, 0.15) is 25.5 Å². The zero-order chi connectivity index (χ0) is 12.8. The van der Waals surface area contributed by atoms with Gasteiger partial charge in [0.15, 0.2) is 0 Å². The molecule has 4 heteroatoms. The second-order valence-electron chi connectivity index (χ2n) is 4.00. The molecule has 0 spiro atoms. The molecule has 0 bridgehead atoms. The van der Waals surface area contributed by atoms with E-state index in [1.54, 1.807) is 19.2 Å². The zero-order valence-electron chi connectivity index (χ0n) is 10.6. The van der Waals surface area contributed by atoms with Crippen LogP contribution in [0.4, 0.5) is 0 Å². The van der Waals surface area contributed by atoms with Gasteiger partial charge in [-0.3, -0.25) is 9.69 Å². The predicted octanol–water partition coefficient (Wildman–Crippen LogP) is 1.52. The van der Waals surface area contributed by atoms with Gasteiger partial charge in [-0.2, -0.15) is 0 Å². The third kappa shape index (κ3) is 3.75. The third-order valence-corrected chi connectivity index (χ3v) is 2.95. The van der Waals surface area contributed by atoms with Crippen molar-refractivity contribution in [3.63, 3.8) is 0 Å². The van der Waals surface area contributed by atoms with Crippen LogP contribution in [-0.4, -0.2) is 36.1 Å². The predicted molar refractivity (Wildman–Crippen MR) is 67.8 cm³/mol. The number of phenols is 1. The summed E-state index contributed by atoms with van der Waals surface area (Å²) >= 11 is 0. The highest BCUT2D eigenvalue weighted by Gasteiger charge is 2.16. The van der Waals surface area contributed by atoms with E-state index in [4.69, 9.17) is 0 Å². The van der Waals surface area contributed by atoms with Crippen LogP contribution in [0.5, 0.6) is 5.75 Å². The Bertz CT molecular complexity index is 362. The highest BCUT2D eigenvalue weighted by Crippen LogP contribution is 2.21. The molecule has 0 heterocycles. The molecule has 1 unspecified atom stereocenters. The first-order chi connectivity index (χ1) is 8.08. The number of nitrogens with one attached hydrogen (secondary N) is 1. The summed E-state index contributed by atoms with van der Waals surface area (Å²) in [5.41, 5.74) is 1.09. The van der Waals surface area contributed by atoms with Gasteiger partial charge in [-0.25, -0.2) is 0 Å². The van der Waals surface area contributed by atoms with Gasteiger partial charge in [-0.15, -0.1) is 0 Å². The summed E-state index contributed by atoms with van der Waals surface area (Å²) in [6.07, 6.45) is 0. The van der Waals surface area contributed by atoms with E-state index in [1.165, 1.54) is 0 Å². The van der Waals surface area contributed by atoms with E-state index >= 15 is 0 Å². The zero-order valence-corrected chi connectivity index (χ0v) is 10.6. The standard InChI is InChI=1S/C13H20N2O2/c1-4-15(9-13(17)14-3)10(2)11-5-7-12(16)8-6-11/h5-8,10,16H,4,9H2,1-3H3,(H,14,17). The molecule has 1 rings (SSSR count). The molecule has 0 saturated heterocycles. The van der Waals surface area contributed by atoms with Gasteiger partial charge in [-0.05, 0) is 31.2 Å². The van der Waals surface area contributed by atoms with E-state index in [2.05, 4.69) is 17.1 Å². The average Bonchev–Trinajstić information content (AvgIpc) is 2.35. The Balaban J connectivity index is 2.74. The van der Waals surface area contributed by atoms with Crippen molar-refractivity contribution in [3.8, 4) is 5.75 Å². The van der Waals surface area contributed by atoms with E-state index in [0.29, 0.717) is 6.54 Å². The second-order valence-corrected chi connectivity index (χ2v) is 4.00. The minimum absolute atomic E-state index is 0.0116. The van der Waals surface area contributed by atoms with Crippen molar-refractivity contribution in [1.29, 1.82) is 0 Å². The molecule has 17 heavy (non-hydrogen) atoms. The smallest absolute Gasteiger partial charge is 0.233 e. The van der Waals surface area contributed by atoms with Gasteiger partial charge >= 0.3 is 0 Å². The van der Waals surface area contributed by atoms with Crippen molar-refractivity contribution in [2.45, 2.75) is 19.9 Å². The lowest BCUT2D eigenvalue weighted by Gasteiger charge is -2.27. The van der Waals surface area contributed by atoms with Gasteiger partial charge in [-0.1, -0.05) is 19.1 Å². The minimum atomic E-state index is 0.0116. The van der Waals surface area contributed by atoms with E-state index in [1.807, 2.05) is 19.1 Å². The van der Waals surface area contributed by atoms with Gasteiger partial charge in [0.2, 0.25) is 5.91 Å². The molecule has 1 aromatic rings. The topological polar surface area (TPSA) is 52.6 Å². The van der Waals surface area contributed by atoms with Crippen molar-refractivity contribution in [2.24, 2.45) is 0 Å². The SMILES string of the molecule is CCN(CC(=O)NC)C(C)c1ccc(O)cc1. The molecular weight excluding hydrogens is 216 g/mol. The molecule has 2 N–H and O–H groups in total. The maximum Gasteiger partial charge on any atom is 0.233 e. The fourth-order valence-electron chi connectivity index (χ4n) is 1.75.